The van der Waals surface area contributed by atoms with Crippen LogP contribution < -0.4 is 0 Å². The van der Waals surface area contributed by atoms with Crippen LogP contribution in [0.1, 0.15) is 25.8 Å². The molecule has 128 valence electrons. The number of fused-ring (bicyclic) bond motifs is 1. The van der Waals surface area contributed by atoms with Gasteiger partial charge in [0.1, 0.15) is 12.2 Å². The van der Waals surface area contributed by atoms with Crippen LogP contribution in [0.5, 0.6) is 0 Å². The molecule has 0 aliphatic carbocycles. The number of aromatic nitrogens is 4. The van der Waals surface area contributed by atoms with Crippen molar-refractivity contribution in [2.75, 3.05) is 6.61 Å². The summed E-state index contributed by atoms with van der Waals surface area (Å²) in [6.45, 7) is 3.07. The summed E-state index contributed by atoms with van der Waals surface area (Å²) in [5.41, 5.74) is 0. The summed E-state index contributed by atoms with van der Waals surface area (Å²) in [6, 6.07) is 3.96. The predicted molar refractivity (Wildman–Crippen MR) is 87.8 cm³/mol. The van der Waals surface area contributed by atoms with Crippen LogP contribution in [0.2, 0.25) is 0 Å². The van der Waals surface area contributed by atoms with E-state index < -0.39 is 30.7 Å². The molecule has 8 nitrogen and oxygen atoms in total. The summed E-state index contributed by atoms with van der Waals surface area (Å²) in [5, 5.41) is 35.1. The maximum absolute atomic E-state index is 10.1. The number of rotatable bonds is 4. The zero-order chi connectivity index (χ0) is 16.9. The first kappa shape index (κ1) is 16.1. The zero-order valence-electron chi connectivity index (χ0n) is 13.0. The van der Waals surface area contributed by atoms with E-state index in [2.05, 4.69) is 15.3 Å². The predicted octanol–water partition coefficient (Wildman–Crippen LogP) is 1.46. The molecule has 0 aromatic carbocycles. The first-order valence-corrected chi connectivity index (χ1v) is 9.09. The summed E-state index contributed by atoms with van der Waals surface area (Å²) in [4.78, 5) is 1.69. The van der Waals surface area contributed by atoms with Crippen molar-refractivity contribution in [2.24, 2.45) is 0 Å². The minimum atomic E-state index is -1.08. The molecule has 3 atom stereocenters. The number of aliphatic hydroxyl groups is 2. The van der Waals surface area contributed by atoms with Crippen LogP contribution in [0.25, 0.3) is 14.8 Å². The number of nitrogens with zero attached hydrogens (tertiary/aromatic N) is 4. The maximum Gasteiger partial charge on any atom is 0.235 e. The SMILES string of the molecule is CC1(C)O[C@H]([C@H](O)CO)[C@@H](c2nnc3sc(-c4cccs4)nn23)O1. The molecule has 0 unspecified atom stereocenters. The standard InChI is InChI=1S/C14H16N4O4S2/c1-14(2)21-9(7(20)6-19)10(22-14)11-15-16-13-18(11)17-12(24-13)8-4-3-5-23-8/h3-5,7,9-10,19-20H,6H2,1-2H3/t7-,9-,10+/m1/s1. The molecular formula is C14H16N4O4S2. The van der Waals surface area contributed by atoms with Crippen LogP contribution in [0, 0.1) is 0 Å². The average Bonchev–Trinajstić information content (AvgIpc) is 3.27. The van der Waals surface area contributed by atoms with Gasteiger partial charge in [0.25, 0.3) is 0 Å². The lowest BCUT2D eigenvalue weighted by Gasteiger charge is -2.19. The summed E-state index contributed by atoms with van der Waals surface area (Å²) in [6.07, 6.45) is -2.50. The van der Waals surface area contributed by atoms with E-state index in [9.17, 15) is 10.2 Å². The molecular weight excluding hydrogens is 352 g/mol. The fourth-order valence-corrected chi connectivity index (χ4v) is 4.32. The van der Waals surface area contributed by atoms with Crippen LogP contribution in [-0.4, -0.2) is 54.6 Å². The molecule has 10 heteroatoms. The van der Waals surface area contributed by atoms with Crippen molar-refractivity contribution in [2.45, 2.75) is 37.9 Å². The minimum absolute atomic E-state index is 0.430. The minimum Gasteiger partial charge on any atom is -0.394 e. The van der Waals surface area contributed by atoms with Crippen molar-refractivity contribution in [1.29, 1.82) is 0 Å². The summed E-state index contributed by atoms with van der Waals surface area (Å²) in [7, 11) is 0. The highest BCUT2D eigenvalue weighted by atomic mass is 32.1. The fourth-order valence-electron chi connectivity index (χ4n) is 2.68. The summed E-state index contributed by atoms with van der Waals surface area (Å²) < 4.78 is 13.2. The maximum atomic E-state index is 10.1. The number of thiophene rings is 1. The Labute approximate surface area is 145 Å². The van der Waals surface area contributed by atoms with Crippen LogP contribution in [-0.2, 0) is 9.47 Å². The normalized spacial score (nSPS) is 24.7. The lowest BCUT2D eigenvalue weighted by atomic mass is 10.1. The van der Waals surface area contributed by atoms with Gasteiger partial charge in [-0.3, -0.25) is 0 Å². The molecule has 2 N–H and O–H groups in total. The molecule has 3 aromatic rings. The van der Waals surface area contributed by atoms with E-state index in [-0.39, 0.29) is 0 Å². The molecule has 1 fully saturated rings. The number of aliphatic hydroxyl groups excluding tert-OH is 2. The third-order valence-corrected chi connectivity index (χ3v) is 5.63. The molecule has 1 saturated heterocycles. The number of hydrogen-bond acceptors (Lipinski definition) is 9. The quantitative estimate of drug-likeness (QED) is 0.719. The van der Waals surface area contributed by atoms with Crippen LogP contribution in [0.3, 0.4) is 0 Å². The Morgan fingerprint density at radius 3 is 2.92 bits per heavy atom. The molecule has 0 radical (unpaired) electrons. The second-order valence-electron chi connectivity index (χ2n) is 5.91. The molecule has 3 aromatic heterocycles. The molecule has 4 heterocycles. The average molecular weight is 368 g/mol. The Morgan fingerprint density at radius 2 is 2.21 bits per heavy atom. The second-order valence-corrected chi connectivity index (χ2v) is 7.81. The van der Waals surface area contributed by atoms with Gasteiger partial charge in [-0.05, 0) is 25.3 Å². The van der Waals surface area contributed by atoms with Gasteiger partial charge in [-0.15, -0.1) is 21.5 Å². The van der Waals surface area contributed by atoms with Gasteiger partial charge in [-0.1, -0.05) is 17.4 Å². The molecule has 0 amide bonds. The van der Waals surface area contributed by atoms with E-state index in [4.69, 9.17) is 9.47 Å². The van der Waals surface area contributed by atoms with Crippen molar-refractivity contribution in [3.63, 3.8) is 0 Å². The Hall–Kier alpha value is -1.43. The molecule has 1 aliphatic heterocycles. The Balaban J connectivity index is 1.75. The summed E-state index contributed by atoms with van der Waals surface area (Å²) >= 11 is 3.03. The molecule has 4 rings (SSSR count). The highest BCUT2D eigenvalue weighted by Gasteiger charge is 2.47. The van der Waals surface area contributed by atoms with E-state index in [1.165, 1.54) is 11.3 Å². The van der Waals surface area contributed by atoms with Gasteiger partial charge >= 0.3 is 0 Å². The molecule has 1 aliphatic rings. The monoisotopic (exact) mass is 368 g/mol. The highest BCUT2D eigenvalue weighted by molar-refractivity contribution is 7.23. The Kier molecular flexibility index (Phi) is 3.90. The van der Waals surface area contributed by atoms with Gasteiger partial charge in [0.15, 0.2) is 22.7 Å². The van der Waals surface area contributed by atoms with E-state index in [1.807, 2.05) is 17.5 Å². The third-order valence-electron chi connectivity index (χ3n) is 3.70. The number of hydrogen-bond donors (Lipinski definition) is 2. The van der Waals surface area contributed by atoms with Gasteiger partial charge in [0.05, 0.1) is 11.5 Å². The van der Waals surface area contributed by atoms with Crippen LogP contribution >= 0.6 is 22.7 Å². The van der Waals surface area contributed by atoms with Crippen molar-refractivity contribution in [3.8, 4) is 9.88 Å². The topological polar surface area (TPSA) is 102 Å². The van der Waals surface area contributed by atoms with Gasteiger partial charge < -0.3 is 19.7 Å². The lowest BCUT2D eigenvalue weighted by Crippen LogP contribution is -2.35. The largest absolute Gasteiger partial charge is 0.394 e. The van der Waals surface area contributed by atoms with E-state index in [1.54, 1.807) is 29.7 Å². The molecule has 0 spiro atoms. The first-order valence-electron chi connectivity index (χ1n) is 7.39. The zero-order valence-corrected chi connectivity index (χ0v) is 14.6. The fraction of sp³-hybridized carbons (Fsp3) is 0.500. The van der Waals surface area contributed by atoms with E-state index in [0.29, 0.717) is 10.8 Å². The van der Waals surface area contributed by atoms with Gasteiger partial charge in [-0.25, -0.2) is 0 Å². The molecule has 0 saturated carbocycles. The van der Waals surface area contributed by atoms with E-state index >= 15 is 0 Å². The smallest absolute Gasteiger partial charge is 0.235 e. The van der Waals surface area contributed by atoms with Crippen molar-refractivity contribution in [3.05, 3.63) is 23.3 Å². The van der Waals surface area contributed by atoms with Gasteiger partial charge in [0, 0.05) is 0 Å². The molecule has 24 heavy (non-hydrogen) atoms. The highest BCUT2D eigenvalue weighted by Crippen LogP contribution is 2.40. The lowest BCUT2D eigenvalue weighted by molar-refractivity contribution is -0.158. The third kappa shape index (κ3) is 2.65. The van der Waals surface area contributed by atoms with Crippen LogP contribution in [0.15, 0.2) is 17.5 Å². The Bertz CT molecular complexity index is 844. The van der Waals surface area contributed by atoms with Crippen LogP contribution in [0.4, 0.5) is 0 Å². The number of ether oxygens (including phenoxy) is 2. The summed E-state index contributed by atoms with van der Waals surface area (Å²) in [5.74, 6) is -0.448. The van der Waals surface area contributed by atoms with Crippen molar-refractivity contribution < 1.29 is 19.7 Å². The van der Waals surface area contributed by atoms with Crippen molar-refractivity contribution in [1.82, 2.24) is 19.8 Å². The van der Waals surface area contributed by atoms with Crippen molar-refractivity contribution >= 4 is 27.6 Å². The van der Waals surface area contributed by atoms with E-state index in [0.717, 1.165) is 9.88 Å². The second kappa shape index (κ2) is 5.83. The van der Waals surface area contributed by atoms with Gasteiger partial charge in [-0.2, -0.15) is 9.61 Å². The van der Waals surface area contributed by atoms with Gasteiger partial charge in [0.2, 0.25) is 4.96 Å². The molecule has 0 bridgehead atoms. The Morgan fingerprint density at radius 1 is 1.38 bits per heavy atom. The first-order chi connectivity index (χ1) is 11.5.